The molecule has 2 N–H and O–H groups in total. The van der Waals surface area contributed by atoms with Crippen molar-refractivity contribution in [3.05, 3.63) is 75.9 Å². The van der Waals surface area contributed by atoms with E-state index in [0.717, 1.165) is 35.7 Å². The molecular formula is C32H29ClN6O7S2. The Morgan fingerprint density at radius 3 is 2.77 bits per heavy atom. The zero-order valence-corrected chi connectivity index (χ0v) is 28.2. The number of hydrogen-bond acceptors (Lipinski definition) is 11. The molecule has 0 radical (unpaired) electrons. The number of rotatable bonds is 10. The van der Waals surface area contributed by atoms with Crippen LogP contribution >= 0.6 is 33.2 Å². The summed E-state index contributed by atoms with van der Waals surface area (Å²) < 4.78 is 16.7. The molecule has 5 aromatic rings. The van der Waals surface area contributed by atoms with E-state index in [-0.39, 0.29) is 34.7 Å². The van der Waals surface area contributed by atoms with E-state index in [2.05, 4.69) is 20.3 Å². The van der Waals surface area contributed by atoms with Crippen molar-refractivity contribution >= 4 is 84.3 Å². The number of pyridine rings is 1. The van der Waals surface area contributed by atoms with E-state index in [1.807, 2.05) is 18.2 Å². The Kier molecular flexibility index (Phi) is 8.60. The molecule has 4 heterocycles. The monoisotopic (exact) mass is 708 g/mol. The zero-order chi connectivity index (χ0) is 33.6. The lowest BCUT2D eigenvalue weighted by atomic mass is 9.85. The Hall–Kier alpha value is -4.47. The Balaban J connectivity index is 1.11. The SMILES string of the molecule is COc1ccc2[nH]c(C(=O)N3CC(CCl)c4c3cc(NC(=O)OCC3(SSc5ccc([N+](=O)[O-])cn5)CCC3)c3oc(C)nc43)cc2c1. The number of H-pyrrole nitrogens is 1. The van der Waals surface area contributed by atoms with Crippen LogP contribution < -0.4 is 15.0 Å². The first kappa shape index (κ1) is 32.1. The van der Waals surface area contributed by atoms with Crippen LogP contribution in [-0.4, -0.2) is 62.8 Å². The molecule has 2 aliphatic rings. The number of aryl methyl sites for hydroxylation is 1. The van der Waals surface area contributed by atoms with Crippen molar-refractivity contribution < 1.29 is 28.4 Å². The summed E-state index contributed by atoms with van der Waals surface area (Å²) in [4.78, 5) is 51.3. The van der Waals surface area contributed by atoms with Crippen molar-refractivity contribution in [3.8, 4) is 5.75 Å². The summed E-state index contributed by atoms with van der Waals surface area (Å²) in [6, 6.07) is 12.1. The number of aromatic nitrogens is 3. The molecule has 0 saturated heterocycles. The van der Waals surface area contributed by atoms with E-state index in [1.165, 1.54) is 23.1 Å². The van der Waals surface area contributed by atoms with E-state index in [1.54, 1.807) is 47.9 Å². The second-order valence-electron chi connectivity index (χ2n) is 11.7. The molecule has 1 unspecified atom stereocenters. The number of anilines is 2. The van der Waals surface area contributed by atoms with Gasteiger partial charge < -0.3 is 23.8 Å². The lowest BCUT2D eigenvalue weighted by Crippen LogP contribution is -2.39. The third-order valence-corrected chi connectivity index (χ3v) is 12.2. The average Bonchev–Trinajstić information content (AvgIpc) is 3.78. The fraction of sp³-hybridized carbons (Fsp3) is 0.312. The van der Waals surface area contributed by atoms with Gasteiger partial charge in [-0.15, -0.1) is 11.6 Å². The van der Waals surface area contributed by atoms with Gasteiger partial charge in [0.25, 0.3) is 11.6 Å². The fourth-order valence-corrected chi connectivity index (χ4v) is 8.99. The summed E-state index contributed by atoms with van der Waals surface area (Å²) in [6.07, 6.45) is 3.22. The summed E-state index contributed by atoms with van der Waals surface area (Å²) >= 11 is 6.43. The van der Waals surface area contributed by atoms with Gasteiger partial charge in [0.05, 0.1) is 28.2 Å². The highest BCUT2D eigenvalue weighted by Crippen LogP contribution is 2.52. The smallest absolute Gasteiger partial charge is 0.411 e. The van der Waals surface area contributed by atoms with Gasteiger partial charge in [0.15, 0.2) is 11.5 Å². The topological polar surface area (TPSA) is 166 Å². The number of aromatic amines is 1. The first-order chi connectivity index (χ1) is 23.2. The van der Waals surface area contributed by atoms with E-state index in [0.29, 0.717) is 51.4 Å². The van der Waals surface area contributed by atoms with Crippen molar-refractivity contribution in [3.63, 3.8) is 0 Å². The number of oxazole rings is 1. The molecule has 1 saturated carbocycles. The molecule has 0 bridgehead atoms. The van der Waals surface area contributed by atoms with Crippen LogP contribution in [-0.2, 0) is 4.74 Å². The summed E-state index contributed by atoms with van der Waals surface area (Å²) in [5.74, 6) is 0.878. The highest BCUT2D eigenvalue weighted by molar-refractivity contribution is 8.77. The maximum atomic E-state index is 14.0. The van der Waals surface area contributed by atoms with Gasteiger partial charge in [-0.25, -0.2) is 14.8 Å². The van der Waals surface area contributed by atoms with Crippen molar-refractivity contribution in [2.75, 3.05) is 36.4 Å². The number of ether oxygens (including phenoxy) is 2. The maximum Gasteiger partial charge on any atom is 0.411 e. The number of alkyl halides is 1. The molecule has 48 heavy (non-hydrogen) atoms. The molecule has 0 spiro atoms. The van der Waals surface area contributed by atoms with Crippen molar-refractivity contribution in [1.29, 1.82) is 0 Å². The van der Waals surface area contributed by atoms with Crippen LogP contribution in [0.2, 0.25) is 0 Å². The summed E-state index contributed by atoms with van der Waals surface area (Å²) in [5, 5.41) is 15.2. The number of carbonyl (C=O) groups excluding carboxylic acids is 2. The van der Waals surface area contributed by atoms with E-state index >= 15 is 0 Å². The number of benzene rings is 2. The highest BCUT2D eigenvalue weighted by Gasteiger charge is 2.41. The first-order valence-electron chi connectivity index (χ1n) is 15.1. The minimum atomic E-state index is -0.676. The molecule has 1 atom stereocenters. The van der Waals surface area contributed by atoms with Gasteiger partial charge in [0.1, 0.15) is 34.8 Å². The fourth-order valence-electron chi connectivity index (χ4n) is 5.97. The van der Waals surface area contributed by atoms with Gasteiger partial charge in [0, 0.05) is 47.8 Å². The second-order valence-corrected chi connectivity index (χ2v) is 14.6. The van der Waals surface area contributed by atoms with Gasteiger partial charge in [-0.05, 0) is 60.0 Å². The van der Waals surface area contributed by atoms with Crippen LogP contribution in [0.15, 0.2) is 58.1 Å². The largest absolute Gasteiger partial charge is 0.497 e. The minimum Gasteiger partial charge on any atom is -0.497 e. The van der Waals surface area contributed by atoms with Crippen molar-refractivity contribution in [2.24, 2.45) is 0 Å². The number of halogens is 1. The predicted molar refractivity (Wildman–Crippen MR) is 185 cm³/mol. The van der Waals surface area contributed by atoms with Crippen molar-refractivity contribution in [1.82, 2.24) is 15.0 Å². The van der Waals surface area contributed by atoms with Crippen LogP contribution in [0, 0.1) is 17.0 Å². The summed E-state index contributed by atoms with van der Waals surface area (Å²) in [7, 11) is 4.52. The number of fused-ring (bicyclic) bond motifs is 4. The number of carbonyl (C=O) groups is 2. The Bertz CT molecular complexity index is 2060. The number of hydrogen-bond donors (Lipinski definition) is 2. The minimum absolute atomic E-state index is 0.0742. The van der Waals surface area contributed by atoms with E-state index < -0.39 is 11.0 Å². The highest BCUT2D eigenvalue weighted by atomic mass is 35.5. The first-order valence-corrected chi connectivity index (χ1v) is 17.7. The molecule has 2 aromatic carbocycles. The van der Waals surface area contributed by atoms with E-state index in [4.69, 9.17) is 25.5 Å². The van der Waals surface area contributed by atoms with Gasteiger partial charge in [-0.1, -0.05) is 17.2 Å². The third-order valence-electron chi connectivity index (χ3n) is 8.59. The molecule has 1 aliphatic carbocycles. The molecule has 2 amide bonds. The van der Waals surface area contributed by atoms with Crippen molar-refractivity contribution in [2.45, 2.75) is 41.9 Å². The van der Waals surface area contributed by atoms with Crippen LogP contribution in [0.25, 0.3) is 22.0 Å². The van der Waals surface area contributed by atoms with Gasteiger partial charge >= 0.3 is 6.09 Å². The number of nitro groups is 1. The number of amides is 2. The Morgan fingerprint density at radius 1 is 1.25 bits per heavy atom. The average molecular weight is 709 g/mol. The van der Waals surface area contributed by atoms with Crippen LogP contribution in [0.5, 0.6) is 5.75 Å². The number of nitrogens with one attached hydrogen (secondary N) is 2. The normalized spacial score (nSPS) is 16.5. The standard InChI is InChI=1S/C32H29ClN6O7S2/c1-17-35-28-27-19(13-33)15-38(30(40)24-11-18-10-21(44-2)5-6-22(18)36-24)25(27)12-23(29(28)46-17)37-31(41)45-16-32(8-3-9-32)48-47-26-7-4-20(14-34-26)39(42)43/h4-7,10-12,14,19,36H,3,8-9,13,15-16H2,1-2H3,(H,37,41). The number of nitrogens with zero attached hydrogens (tertiary/aromatic N) is 4. The molecule has 16 heteroatoms. The lowest BCUT2D eigenvalue weighted by molar-refractivity contribution is -0.385. The maximum absolute atomic E-state index is 14.0. The van der Waals surface area contributed by atoms with Crippen LogP contribution in [0.3, 0.4) is 0 Å². The van der Waals surface area contributed by atoms with Crippen LogP contribution in [0.4, 0.5) is 21.9 Å². The number of methoxy groups -OCH3 is 1. The van der Waals surface area contributed by atoms with E-state index in [9.17, 15) is 19.7 Å². The van der Waals surface area contributed by atoms with Crippen LogP contribution in [0.1, 0.15) is 47.1 Å². The Morgan fingerprint density at radius 2 is 2.08 bits per heavy atom. The predicted octanol–water partition coefficient (Wildman–Crippen LogP) is 7.82. The Labute approximate surface area is 286 Å². The molecule has 1 fully saturated rings. The molecule has 248 valence electrons. The lowest BCUT2D eigenvalue weighted by Gasteiger charge is -2.39. The van der Waals surface area contributed by atoms with Gasteiger partial charge in [-0.3, -0.25) is 20.2 Å². The molecular weight excluding hydrogens is 680 g/mol. The summed E-state index contributed by atoms with van der Waals surface area (Å²) in [6.45, 7) is 2.19. The molecule has 3 aromatic heterocycles. The second kappa shape index (κ2) is 12.9. The molecule has 7 rings (SSSR count). The molecule has 13 nitrogen and oxygen atoms in total. The summed E-state index contributed by atoms with van der Waals surface area (Å²) in [5.41, 5.74) is 3.70. The van der Waals surface area contributed by atoms with Gasteiger partial charge in [0.2, 0.25) is 0 Å². The molecule has 1 aliphatic heterocycles. The third kappa shape index (κ3) is 6.01. The quantitative estimate of drug-likeness (QED) is 0.0628. The van der Waals surface area contributed by atoms with Gasteiger partial charge in [-0.2, -0.15) is 0 Å². The zero-order valence-electron chi connectivity index (χ0n) is 25.8.